The van der Waals surface area contributed by atoms with E-state index in [1.807, 2.05) is 42.5 Å². The first-order chi connectivity index (χ1) is 15.0. The van der Waals surface area contributed by atoms with Crippen LogP contribution in [0.1, 0.15) is 11.1 Å². The number of hydrogen-bond donors (Lipinski definition) is 1. The van der Waals surface area contributed by atoms with Crippen molar-refractivity contribution < 1.29 is 13.2 Å². The highest BCUT2D eigenvalue weighted by molar-refractivity contribution is 7.92. The van der Waals surface area contributed by atoms with Gasteiger partial charge in [-0.3, -0.25) is 4.72 Å². The van der Waals surface area contributed by atoms with Gasteiger partial charge in [0, 0.05) is 6.42 Å². The smallest absolute Gasteiger partial charge is 0.263 e. The van der Waals surface area contributed by atoms with E-state index in [1.54, 1.807) is 18.2 Å². The lowest BCUT2D eigenvalue weighted by molar-refractivity contribution is 0.311. The van der Waals surface area contributed by atoms with Crippen LogP contribution in [0.4, 0.5) is 5.82 Å². The Hall–Kier alpha value is -3.96. The van der Waals surface area contributed by atoms with E-state index in [9.17, 15) is 8.42 Å². The lowest BCUT2D eigenvalue weighted by atomic mass is 10.2. The SMILES string of the molecule is N#Cc1ccc(S(=O)(=O)Nc2nc3ccccc3nc2OCCc2ccccc2)cc1. The molecule has 0 aliphatic carbocycles. The molecule has 0 saturated carbocycles. The van der Waals surface area contributed by atoms with Gasteiger partial charge in [0.25, 0.3) is 15.9 Å². The van der Waals surface area contributed by atoms with E-state index in [0.717, 1.165) is 5.56 Å². The maximum atomic E-state index is 12.9. The fraction of sp³-hybridized carbons (Fsp3) is 0.0870. The normalized spacial score (nSPS) is 11.1. The molecule has 0 atom stereocenters. The molecular weight excluding hydrogens is 412 g/mol. The summed E-state index contributed by atoms with van der Waals surface area (Å²) < 4.78 is 34.0. The van der Waals surface area contributed by atoms with E-state index in [2.05, 4.69) is 14.7 Å². The van der Waals surface area contributed by atoms with Crippen molar-refractivity contribution >= 4 is 26.9 Å². The van der Waals surface area contributed by atoms with Crippen molar-refractivity contribution in [3.05, 3.63) is 90.0 Å². The summed E-state index contributed by atoms with van der Waals surface area (Å²) in [7, 11) is -3.95. The third kappa shape index (κ3) is 4.79. The number of ether oxygens (including phenoxy) is 1. The Morgan fingerprint density at radius 1 is 0.871 bits per heavy atom. The first kappa shape index (κ1) is 20.3. The van der Waals surface area contributed by atoms with Crippen LogP contribution in [0.15, 0.2) is 83.8 Å². The van der Waals surface area contributed by atoms with Crippen molar-refractivity contribution in [2.24, 2.45) is 0 Å². The Kier molecular flexibility index (Phi) is 5.78. The van der Waals surface area contributed by atoms with Crippen molar-refractivity contribution in [3.8, 4) is 11.9 Å². The van der Waals surface area contributed by atoms with Gasteiger partial charge in [0.1, 0.15) is 0 Å². The second-order valence-corrected chi connectivity index (χ2v) is 8.37. The molecule has 0 radical (unpaired) electrons. The summed E-state index contributed by atoms with van der Waals surface area (Å²) in [4.78, 5) is 8.88. The van der Waals surface area contributed by atoms with E-state index in [0.29, 0.717) is 29.6 Å². The van der Waals surface area contributed by atoms with Crippen LogP contribution in [0, 0.1) is 11.3 Å². The van der Waals surface area contributed by atoms with Crippen LogP contribution >= 0.6 is 0 Å². The molecule has 0 unspecified atom stereocenters. The zero-order chi connectivity index (χ0) is 21.7. The molecule has 0 amide bonds. The fourth-order valence-electron chi connectivity index (χ4n) is 2.96. The number of sulfonamides is 1. The summed E-state index contributed by atoms with van der Waals surface area (Å²) in [6.07, 6.45) is 0.636. The minimum Gasteiger partial charge on any atom is -0.475 e. The molecule has 1 heterocycles. The number of rotatable bonds is 7. The molecule has 4 aromatic rings. The lowest BCUT2D eigenvalue weighted by Crippen LogP contribution is -2.16. The van der Waals surface area contributed by atoms with Crippen LogP contribution in [0.3, 0.4) is 0 Å². The highest BCUT2D eigenvalue weighted by Gasteiger charge is 2.20. The summed E-state index contributed by atoms with van der Waals surface area (Å²) in [6.45, 7) is 0.308. The molecule has 4 rings (SSSR count). The van der Waals surface area contributed by atoms with Gasteiger partial charge in [-0.2, -0.15) is 5.26 Å². The number of para-hydroxylation sites is 2. The standard InChI is InChI=1S/C23H18N4O3S/c24-16-18-10-12-19(13-11-18)31(28,29)27-22-23(26-21-9-5-4-8-20(21)25-22)30-15-14-17-6-2-1-3-7-17/h1-13H,14-15H2,(H,25,27). The van der Waals surface area contributed by atoms with E-state index < -0.39 is 10.0 Å². The molecule has 0 fully saturated rings. The van der Waals surface area contributed by atoms with Crippen molar-refractivity contribution in [1.29, 1.82) is 5.26 Å². The van der Waals surface area contributed by atoms with Gasteiger partial charge in [0.15, 0.2) is 0 Å². The Labute approximate surface area is 180 Å². The van der Waals surface area contributed by atoms with Gasteiger partial charge < -0.3 is 4.74 Å². The second kappa shape index (κ2) is 8.81. The number of aromatic nitrogens is 2. The molecule has 0 aliphatic heterocycles. The molecule has 0 aliphatic rings. The number of benzene rings is 3. The van der Waals surface area contributed by atoms with Gasteiger partial charge in [-0.15, -0.1) is 0 Å². The Balaban J connectivity index is 1.63. The predicted octanol–water partition coefficient (Wildman–Crippen LogP) is 3.92. The maximum Gasteiger partial charge on any atom is 0.263 e. The minimum absolute atomic E-state index is 0.0103. The molecule has 0 saturated heterocycles. The number of hydrogen-bond acceptors (Lipinski definition) is 6. The van der Waals surface area contributed by atoms with Gasteiger partial charge in [-0.1, -0.05) is 42.5 Å². The van der Waals surface area contributed by atoms with Crippen LogP contribution < -0.4 is 9.46 Å². The molecule has 3 aromatic carbocycles. The van der Waals surface area contributed by atoms with E-state index in [1.165, 1.54) is 24.3 Å². The molecule has 1 aromatic heterocycles. The number of anilines is 1. The predicted molar refractivity (Wildman–Crippen MR) is 117 cm³/mol. The summed E-state index contributed by atoms with van der Waals surface area (Å²) in [5.41, 5.74) is 2.60. The molecule has 0 spiro atoms. The lowest BCUT2D eigenvalue weighted by Gasteiger charge is -2.13. The average Bonchev–Trinajstić information content (AvgIpc) is 2.80. The highest BCUT2D eigenvalue weighted by atomic mass is 32.2. The van der Waals surface area contributed by atoms with Crippen LogP contribution in [0.2, 0.25) is 0 Å². The van der Waals surface area contributed by atoms with Crippen molar-refractivity contribution in [2.45, 2.75) is 11.3 Å². The summed E-state index contributed by atoms with van der Waals surface area (Å²) in [6, 6.07) is 24.5. The zero-order valence-corrected chi connectivity index (χ0v) is 17.2. The molecule has 7 nitrogen and oxygen atoms in total. The second-order valence-electron chi connectivity index (χ2n) is 6.69. The van der Waals surface area contributed by atoms with Gasteiger partial charge in [0.05, 0.1) is 34.2 Å². The van der Waals surface area contributed by atoms with Crippen molar-refractivity contribution in [3.63, 3.8) is 0 Å². The van der Waals surface area contributed by atoms with Crippen molar-refractivity contribution in [1.82, 2.24) is 9.97 Å². The van der Waals surface area contributed by atoms with Crippen LogP contribution in [-0.2, 0) is 16.4 Å². The molecule has 1 N–H and O–H groups in total. The van der Waals surface area contributed by atoms with Crippen molar-refractivity contribution in [2.75, 3.05) is 11.3 Å². The van der Waals surface area contributed by atoms with E-state index in [4.69, 9.17) is 10.00 Å². The third-order valence-corrected chi connectivity index (χ3v) is 5.89. The monoisotopic (exact) mass is 430 g/mol. The first-order valence-electron chi connectivity index (χ1n) is 9.52. The van der Waals surface area contributed by atoms with Gasteiger partial charge >= 0.3 is 0 Å². The van der Waals surface area contributed by atoms with Gasteiger partial charge in [-0.25, -0.2) is 18.4 Å². The summed E-state index contributed by atoms with van der Waals surface area (Å²) in [5, 5.41) is 8.92. The number of nitrogens with one attached hydrogen (secondary N) is 1. The van der Waals surface area contributed by atoms with Crippen LogP contribution in [0.5, 0.6) is 5.88 Å². The van der Waals surface area contributed by atoms with E-state index >= 15 is 0 Å². The Bertz CT molecular complexity index is 1350. The largest absolute Gasteiger partial charge is 0.475 e. The molecule has 8 heteroatoms. The number of nitrogens with zero attached hydrogens (tertiary/aromatic N) is 3. The van der Waals surface area contributed by atoms with Crippen LogP contribution in [0.25, 0.3) is 11.0 Å². The fourth-order valence-corrected chi connectivity index (χ4v) is 3.96. The Morgan fingerprint density at radius 2 is 1.52 bits per heavy atom. The minimum atomic E-state index is -3.95. The molecule has 0 bridgehead atoms. The summed E-state index contributed by atoms with van der Waals surface area (Å²) in [5.74, 6) is 0.114. The van der Waals surface area contributed by atoms with Gasteiger partial charge in [0.2, 0.25) is 5.82 Å². The maximum absolute atomic E-state index is 12.9. The molecule has 154 valence electrons. The van der Waals surface area contributed by atoms with Gasteiger partial charge in [-0.05, 0) is 42.0 Å². The highest BCUT2D eigenvalue weighted by Crippen LogP contribution is 2.26. The van der Waals surface area contributed by atoms with E-state index in [-0.39, 0.29) is 16.6 Å². The summed E-state index contributed by atoms with van der Waals surface area (Å²) >= 11 is 0. The Morgan fingerprint density at radius 3 is 2.19 bits per heavy atom. The zero-order valence-electron chi connectivity index (χ0n) is 16.4. The average molecular weight is 430 g/mol. The quantitative estimate of drug-likeness (QED) is 0.476. The molecular formula is C23H18N4O3S. The molecule has 31 heavy (non-hydrogen) atoms. The van der Waals surface area contributed by atoms with Crippen LogP contribution in [-0.4, -0.2) is 25.0 Å². The topological polar surface area (TPSA) is 105 Å². The first-order valence-corrected chi connectivity index (χ1v) is 11.0. The third-order valence-electron chi connectivity index (χ3n) is 4.54. The number of nitriles is 1. The number of fused-ring (bicyclic) bond motifs is 1.